The van der Waals surface area contributed by atoms with Gasteiger partial charge in [-0.3, -0.25) is 0 Å². The molecule has 3 unspecified atom stereocenters. The Hall–Kier alpha value is -1.38. The SMILES string of the molecule is CCOC(=O)c1ccc(S(=O)(=O)N2CC3CCC(N)C3C2)o1. The van der Waals surface area contributed by atoms with Crippen LogP contribution in [0.4, 0.5) is 0 Å². The number of rotatable bonds is 4. The maximum Gasteiger partial charge on any atom is 0.374 e. The lowest BCUT2D eigenvalue weighted by Gasteiger charge is -2.16. The number of fused-ring (bicyclic) bond motifs is 1. The zero-order valence-corrected chi connectivity index (χ0v) is 13.2. The summed E-state index contributed by atoms with van der Waals surface area (Å²) in [5.74, 6) is -0.223. The van der Waals surface area contributed by atoms with Gasteiger partial charge in [0.15, 0.2) is 0 Å². The molecule has 3 atom stereocenters. The summed E-state index contributed by atoms with van der Waals surface area (Å²) in [6.07, 6.45) is 1.92. The number of carbonyl (C=O) groups is 1. The maximum absolute atomic E-state index is 12.6. The summed E-state index contributed by atoms with van der Waals surface area (Å²) in [5.41, 5.74) is 6.04. The Morgan fingerprint density at radius 3 is 2.86 bits per heavy atom. The fourth-order valence-corrected chi connectivity index (χ4v) is 4.81. The van der Waals surface area contributed by atoms with E-state index in [1.165, 1.54) is 16.4 Å². The summed E-state index contributed by atoms with van der Waals surface area (Å²) in [4.78, 5) is 11.6. The largest absolute Gasteiger partial charge is 0.460 e. The van der Waals surface area contributed by atoms with Gasteiger partial charge in [-0.1, -0.05) is 0 Å². The highest BCUT2D eigenvalue weighted by Gasteiger charge is 2.45. The molecule has 0 radical (unpaired) electrons. The molecule has 1 aromatic rings. The van der Waals surface area contributed by atoms with Crippen molar-refractivity contribution in [2.24, 2.45) is 17.6 Å². The van der Waals surface area contributed by atoms with Crippen molar-refractivity contribution in [2.45, 2.75) is 30.9 Å². The van der Waals surface area contributed by atoms with Gasteiger partial charge < -0.3 is 14.9 Å². The summed E-state index contributed by atoms with van der Waals surface area (Å²) >= 11 is 0. The number of sulfonamides is 1. The molecule has 1 aliphatic heterocycles. The Bertz CT molecular complexity index is 669. The number of carbonyl (C=O) groups excluding carboxylic acids is 1. The summed E-state index contributed by atoms with van der Waals surface area (Å²) < 4.78 is 36.6. The first kappa shape index (κ1) is 15.5. The number of hydrogen-bond donors (Lipinski definition) is 1. The molecule has 3 rings (SSSR count). The van der Waals surface area contributed by atoms with Crippen LogP contribution in [-0.2, 0) is 14.8 Å². The second-order valence-electron chi connectivity index (χ2n) is 5.83. The van der Waals surface area contributed by atoms with E-state index in [0.29, 0.717) is 19.0 Å². The van der Waals surface area contributed by atoms with Crippen molar-refractivity contribution in [1.29, 1.82) is 0 Å². The third-order valence-electron chi connectivity index (χ3n) is 4.53. The monoisotopic (exact) mass is 328 g/mol. The Kier molecular flexibility index (Phi) is 4.00. The van der Waals surface area contributed by atoms with Crippen LogP contribution in [0.3, 0.4) is 0 Å². The molecule has 1 saturated carbocycles. The average molecular weight is 328 g/mol. The Labute approximate surface area is 129 Å². The lowest BCUT2D eigenvalue weighted by molar-refractivity contribution is 0.0483. The molecule has 1 saturated heterocycles. The van der Waals surface area contributed by atoms with Gasteiger partial charge in [0.1, 0.15) is 0 Å². The van der Waals surface area contributed by atoms with Crippen LogP contribution < -0.4 is 5.73 Å². The summed E-state index contributed by atoms with van der Waals surface area (Å²) in [7, 11) is -3.73. The Balaban J connectivity index is 1.78. The molecule has 7 nitrogen and oxygen atoms in total. The highest BCUT2D eigenvalue weighted by Crippen LogP contribution is 2.39. The zero-order chi connectivity index (χ0) is 15.9. The average Bonchev–Trinajstić information content (AvgIpc) is 3.16. The molecule has 22 heavy (non-hydrogen) atoms. The zero-order valence-electron chi connectivity index (χ0n) is 12.4. The smallest absolute Gasteiger partial charge is 0.374 e. The van der Waals surface area contributed by atoms with Gasteiger partial charge in [-0.2, -0.15) is 4.31 Å². The van der Waals surface area contributed by atoms with Gasteiger partial charge in [0.05, 0.1) is 6.61 Å². The van der Waals surface area contributed by atoms with Crippen LogP contribution in [0.5, 0.6) is 0 Å². The summed E-state index contributed by atoms with van der Waals surface area (Å²) in [6, 6.07) is 2.69. The van der Waals surface area contributed by atoms with E-state index in [1.54, 1.807) is 6.92 Å². The number of esters is 1. The molecule has 0 aromatic carbocycles. The predicted molar refractivity (Wildman–Crippen MR) is 77.6 cm³/mol. The van der Waals surface area contributed by atoms with Crippen molar-refractivity contribution in [3.05, 3.63) is 17.9 Å². The van der Waals surface area contributed by atoms with Crippen molar-refractivity contribution in [2.75, 3.05) is 19.7 Å². The molecule has 1 aromatic heterocycles. The molecule has 0 amide bonds. The Morgan fingerprint density at radius 2 is 2.18 bits per heavy atom. The van der Waals surface area contributed by atoms with Gasteiger partial charge >= 0.3 is 5.97 Å². The highest BCUT2D eigenvalue weighted by atomic mass is 32.2. The minimum atomic E-state index is -3.73. The van der Waals surface area contributed by atoms with Gasteiger partial charge in [0.25, 0.3) is 10.0 Å². The van der Waals surface area contributed by atoms with E-state index < -0.39 is 16.0 Å². The molecule has 2 N–H and O–H groups in total. The molecule has 1 aliphatic carbocycles. The first-order chi connectivity index (χ1) is 10.4. The second kappa shape index (κ2) is 5.68. The topological polar surface area (TPSA) is 103 Å². The van der Waals surface area contributed by atoms with Crippen molar-refractivity contribution in [1.82, 2.24) is 4.31 Å². The molecule has 122 valence electrons. The summed E-state index contributed by atoms with van der Waals surface area (Å²) in [6.45, 7) is 2.76. The predicted octanol–water partition coefficient (Wildman–Crippen LogP) is 0.814. The molecule has 2 aliphatic rings. The van der Waals surface area contributed by atoms with E-state index in [1.807, 2.05) is 0 Å². The van der Waals surface area contributed by atoms with E-state index in [4.69, 9.17) is 14.9 Å². The lowest BCUT2D eigenvalue weighted by Crippen LogP contribution is -2.33. The molecule has 0 spiro atoms. The number of nitrogens with two attached hydrogens (primary N) is 1. The normalized spacial score (nSPS) is 28.7. The van der Waals surface area contributed by atoms with Crippen LogP contribution in [0, 0.1) is 11.8 Å². The lowest BCUT2D eigenvalue weighted by atomic mass is 9.98. The third kappa shape index (κ3) is 2.55. The fraction of sp³-hybridized carbons (Fsp3) is 0.643. The summed E-state index contributed by atoms with van der Waals surface area (Å²) in [5, 5.41) is -0.218. The van der Waals surface area contributed by atoms with E-state index >= 15 is 0 Å². The fourth-order valence-electron chi connectivity index (χ4n) is 3.36. The number of furan rings is 1. The van der Waals surface area contributed by atoms with Crippen LogP contribution in [0.25, 0.3) is 0 Å². The van der Waals surface area contributed by atoms with E-state index in [2.05, 4.69) is 0 Å². The highest BCUT2D eigenvalue weighted by molar-refractivity contribution is 7.89. The van der Waals surface area contributed by atoms with Crippen LogP contribution in [0.15, 0.2) is 21.6 Å². The Morgan fingerprint density at radius 1 is 1.41 bits per heavy atom. The number of nitrogens with zero attached hydrogens (tertiary/aromatic N) is 1. The van der Waals surface area contributed by atoms with Gasteiger partial charge in [-0.05, 0) is 43.7 Å². The molecular formula is C14H20N2O5S. The van der Waals surface area contributed by atoms with Crippen LogP contribution in [0.1, 0.15) is 30.3 Å². The first-order valence-corrected chi connectivity index (χ1v) is 8.90. The van der Waals surface area contributed by atoms with Crippen LogP contribution >= 0.6 is 0 Å². The van der Waals surface area contributed by atoms with E-state index in [9.17, 15) is 13.2 Å². The van der Waals surface area contributed by atoms with Gasteiger partial charge in [-0.15, -0.1) is 0 Å². The quantitative estimate of drug-likeness (QED) is 0.821. The van der Waals surface area contributed by atoms with Crippen LogP contribution in [0.2, 0.25) is 0 Å². The molecule has 8 heteroatoms. The van der Waals surface area contributed by atoms with Crippen molar-refractivity contribution >= 4 is 16.0 Å². The minimum absolute atomic E-state index is 0.0666. The first-order valence-electron chi connectivity index (χ1n) is 7.46. The number of ether oxygens (including phenoxy) is 1. The van der Waals surface area contributed by atoms with E-state index in [-0.39, 0.29) is 29.4 Å². The van der Waals surface area contributed by atoms with Crippen molar-refractivity contribution in [3.63, 3.8) is 0 Å². The second-order valence-corrected chi connectivity index (χ2v) is 7.70. The molecule has 2 heterocycles. The standard InChI is InChI=1S/C14H20N2O5S/c1-2-20-14(17)12-5-6-13(21-12)22(18,19)16-7-9-3-4-11(15)10(9)8-16/h5-6,9-11H,2-4,7-8,15H2,1H3. The molecular weight excluding hydrogens is 308 g/mol. The molecule has 0 bridgehead atoms. The third-order valence-corrected chi connectivity index (χ3v) is 6.24. The van der Waals surface area contributed by atoms with E-state index in [0.717, 1.165) is 12.8 Å². The van der Waals surface area contributed by atoms with Crippen LogP contribution in [-0.4, -0.2) is 44.4 Å². The number of hydrogen-bond acceptors (Lipinski definition) is 6. The minimum Gasteiger partial charge on any atom is -0.460 e. The van der Waals surface area contributed by atoms with Crippen molar-refractivity contribution in [3.8, 4) is 0 Å². The molecule has 2 fully saturated rings. The van der Waals surface area contributed by atoms with Gasteiger partial charge in [-0.25, -0.2) is 13.2 Å². The van der Waals surface area contributed by atoms with Gasteiger partial charge in [0.2, 0.25) is 10.9 Å². The maximum atomic E-state index is 12.6. The van der Waals surface area contributed by atoms with Crippen molar-refractivity contribution < 1.29 is 22.4 Å². The van der Waals surface area contributed by atoms with Gasteiger partial charge in [0, 0.05) is 19.1 Å².